The van der Waals surface area contributed by atoms with Crippen LogP contribution < -0.4 is 10.6 Å². The maximum absolute atomic E-state index is 13.6. The quantitative estimate of drug-likeness (QED) is 0.435. The minimum atomic E-state index is -2.97. The fraction of sp³-hybridized carbons (Fsp3) is 0.333. The van der Waals surface area contributed by atoms with Gasteiger partial charge in [-0.05, 0) is 32.9 Å². The van der Waals surface area contributed by atoms with Crippen molar-refractivity contribution in [1.29, 1.82) is 0 Å². The topological polar surface area (TPSA) is 111 Å². The molecule has 4 aromatic rings. The summed E-state index contributed by atoms with van der Waals surface area (Å²) in [5.74, 6) is -2.03. The van der Waals surface area contributed by atoms with Crippen LogP contribution in [0.1, 0.15) is 32.2 Å². The molecule has 0 saturated carbocycles. The highest BCUT2D eigenvalue weighted by Gasteiger charge is 2.44. The molecule has 11 heteroatoms. The van der Waals surface area contributed by atoms with Crippen LogP contribution in [0.2, 0.25) is 0 Å². The van der Waals surface area contributed by atoms with E-state index in [1.165, 1.54) is 6.33 Å². The van der Waals surface area contributed by atoms with Gasteiger partial charge in [-0.2, -0.15) is 0 Å². The fourth-order valence-electron chi connectivity index (χ4n) is 4.27. The molecule has 3 aromatic heterocycles. The van der Waals surface area contributed by atoms with Gasteiger partial charge in [0.2, 0.25) is 5.91 Å². The first kappa shape index (κ1) is 22.9. The number of amides is 1. The number of aryl methyl sites for hydroxylation is 2. The van der Waals surface area contributed by atoms with Gasteiger partial charge in [0.05, 0.1) is 12.1 Å². The van der Waals surface area contributed by atoms with Gasteiger partial charge in [0.25, 0.3) is 5.92 Å². The van der Waals surface area contributed by atoms with E-state index in [2.05, 4.69) is 30.6 Å². The van der Waals surface area contributed by atoms with Crippen LogP contribution in [0.3, 0.4) is 0 Å². The van der Waals surface area contributed by atoms with E-state index in [4.69, 9.17) is 4.98 Å². The second-order valence-electron chi connectivity index (χ2n) is 8.86. The smallest absolute Gasteiger partial charge is 0.257 e. The molecule has 1 atom stereocenters. The number of hydrogen-bond acceptors (Lipinski definition) is 7. The predicted molar refractivity (Wildman–Crippen MR) is 127 cm³/mol. The molecule has 0 saturated heterocycles. The van der Waals surface area contributed by atoms with Crippen molar-refractivity contribution < 1.29 is 13.6 Å². The predicted octanol–water partition coefficient (Wildman–Crippen LogP) is 3.69. The number of anilines is 1. The molecule has 0 fully saturated rings. The van der Waals surface area contributed by atoms with Gasteiger partial charge < -0.3 is 9.88 Å². The number of rotatable bonds is 6. The third kappa shape index (κ3) is 3.91. The van der Waals surface area contributed by atoms with E-state index in [-0.39, 0.29) is 0 Å². The van der Waals surface area contributed by atoms with Crippen LogP contribution >= 0.6 is 0 Å². The standard InChI is InChI=1S/C24H24F2N8O/c1-5-34-20(15-9-27-13(2)28-10-15)33-19-18(29-12-30-21(19)34)14-6-7-17-16(8-14)24(4,22(35)32-17)31-11-23(3,25)26/h6-10,12,31H,5,11H2,1-4H3,(H,32,35)/t24-/m0/s1. The van der Waals surface area contributed by atoms with Crippen molar-refractivity contribution in [2.75, 3.05) is 11.9 Å². The number of carbonyl (C=O) groups is 1. The summed E-state index contributed by atoms with van der Waals surface area (Å²) in [7, 11) is 0. The number of imidazole rings is 1. The Morgan fingerprint density at radius 2 is 1.89 bits per heavy atom. The Kier molecular flexibility index (Phi) is 5.32. The summed E-state index contributed by atoms with van der Waals surface area (Å²) < 4.78 is 29.1. The molecule has 2 N–H and O–H groups in total. The van der Waals surface area contributed by atoms with Crippen molar-refractivity contribution in [2.45, 2.75) is 45.7 Å². The number of carbonyl (C=O) groups excluding carboxylic acids is 1. The second kappa shape index (κ2) is 8.12. The number of aromatic nitrogens is 6. The first-order chi connectivity index (χ1) is 16.6. The molecule has 5 rings (SSSR count). The van der Waals surface area contributed by atoms with Crippen molar-refractivity contribution >= 4 is 22.8 Å². The first-order valence-electron chi connectivity index (χ1n) is 11.2. The van der Waals surface area contributed by atoms with E-state index in [0.29, 0.717) is 51.9 Å². The molecule has 0 unspecified atom stereocenters. The van der Waals surface area contributed by atoms with Crippen molar-refractivity contribution in [3.05, 3.63) is 48.3 Å². The van der Waals surface area contributed by atoms with Crippen molar-refractivity contribution in [2.24, 2.45) is 0 Å². The number of nitrogens with zero attached hydrogens (tertiary/aromatic N) is 6. The van der Waals surface area contributed by atoms with Crippen LogP contribution in [0.25, 0.3) is 33.8 Å². The Hall–Kier alpha value is -3.86. The van der Waals surface area contributed by atoms with Gasteiger partial charge in [0.1, 0.15) is 34.7 Å². The van der Waals surface area contributed by atoms with Crippen LogP contribution in [0.4, 0.5) is 14.5 Å². The summed E-state index contributed by atoms with van der Waals surface area (Å²) in [5, 5.41) is 5.52. The molecule has 9 nitrogen and oxygen atoms in total. The van der Waals surface area contributed by atoms with E-state index < -0.39 is 23.9 Å². The molecule has 35 heavy (non-hydrogen) atoms. The largest absolute Gasteiger partial charge is 0.324 e. The molecule has 1 aliphatic heterocycles. The molecule has 180 valence electrons. The summed E-state index contributed by atoms with van der Waals surface area (Å²) in [6.07, 6.45) is 4.90. The van der Waals surface area contributed by atoms with Crippen LogP contribution in [0.15, 0.2) is 36.9 Å². The molecule has 1 aliphatic rings. The third-order valence-electron chi connectivity index (χ3n) is 6.17. The zero-order valence-electron chi connectivity index (χ0n) is 19.7. The maximum Gasteiger partial charge on any atom is 0.257 e. The Morgan fingerprint density at radius 1 is 1.14 bits per heavy atom. The lowest BCUT2D eigenvalue weighted by molar-refractivity contribution is -0.122. The zero-order chi connectivity index (χ0) is 25.0. The minimum Gasteiger partial charge on any atom is -0.324 e. The minimum absolute atomic E-state index is 0.390. The monoisotopic (exact) mass is 478 g/mol. The summed E-state index contributed by atoms with van der Waals surface area (Å²) in [4.78, 5) is 35.1. The Labute approximate surface area is 200 Å². The maximum atomic E-state index is 13.6. The van der Waals surface area contributed by atoms with Gasteiger partial charge in [-0.15, -0.1) is 0 Å². The fourth-order valence-corrected chi connectivity index (χ4v) is 4.27. The number of nitrogens with one attached hydrogen (secondary N) is 2. The second-order valence-corrected chi connectivity index (χ2v) is 8.86. The third-order valence-corrected chi connectivity index (χ3v) is 6.17. The van der Waals surface area contributed by atoms with E-state index in [1.54, 1.807) is 31.5 Å². The lowest BCUT2D eigenvalue weighted by Crippen LogP contribution is -2.49. The van der Waals surface area contributed by atoms with E-state index >= 15 is 0 Å². The molecular weight excluding hydrogens is 454 g/mol. The Morgan fingerprint density at radius 3 is 2.57 bits per heavy atom. The van der Waals surface area contributed by atoms with Crippen LogP contribution in [-0.4, -0.2) is 47.9 Å². The summed E-state index contributed by atoms with van der Waals surface area (Å²) in [6.45, 7) is 6.20. The average Bonchev–Trinajstić information content (AvgIpc) is 3.32. The zero-order valence-corrected chi connectivity index (χ0v) is 19.7. The summed E-state index contributed by atoms with van der Waals surface area (Å²) in [6, 6.07) is 5.36. The highest BCUT2D eigenvalue weighted by molar-refractivity contribution is 6.06. The summed E-state index contributed by atoms with van der Waals surface area (Å²) >= 11 is 0. The van der Waals surface area contributed by atoms with Gasteiger partial charge in [-0.25, -0.2) is 33.7 Å². The lowest BCUT2D eigenvalue weighted by Gasteiger charge is -2.26. The average molecular weight is 479 g/mol. The Bertz CT molecular complexity index is 1440. The number of benzene rings is 1. The molecule has 0 spiro atoms. The normalized spacial score (nSPS) is 17.6. The van der Waals surface area contributed by atoms with Crippen LogP contribution in [-0.2, 0) is 16.9 Å². The molecule has 4 heterocycles. The molecule has 0 radical (unpaired) electrons. The number of fused-ring (bicyclic) bond motifs is 2. The highest BCUT2D eigenvalue weighted by atomic mass is 19.3. The van der Waals surface area contributed by atoms with Crippen molar-refractivity contribution in [3.63, 3.8) is 0 Å². The van der Waals surface area contributed by atoms with Gasteiger partial charge in [-0.3, -0.25) is 10.1 Å². The first-order valence-corrected chi connectivity index (χ1v) is 11.2. The van der Waals surface area contributed by atoms with Gasteiger partial charge in [0, 0.05) is 42.7 Å². The Balaban J connectivity index is 1.63. The van der Waals surface area contributed by atoms with Gasteiger partial charge in [0.15, 0.2) is 5.65 Å². The molecule has 0 aliphatic carbocycles. The van der Waals surface area contributed by atoms with E-state index in [9.17, 15) is 13.6 Å². The number of halogens is 2. The van der Waals surface area contributed by atoms with E-state index in [0.717, 1.165) is 12.5 Å². The highest BCUT2D eigenvalue weighted by Crippen LogP contribution is 2.39. The van der Waals surface area contributed by atoms with Crippen molar-refractivity contribution in [1.82, 2.24) is 34.8 Å². The molecule has 1 aromatic carbocycles. The summed E-state index contributed by atoms with van der Waals surface area (Å²) in [5.41, 5.74) is 3.06. The SMILES string of the molecule is CCn1c(-c2cnc(C)nc2)nc2c(-c3ccc4c(c3)[C@](C)(NCC(C)(F)F)C(=O)N4)ncnc21. The van der Waals surface area contributed by atoms with Crippen LogP contribution in [0.5, 0.6) is 0 Å². The number of hydrogen-bond donors (Lipinski definition) is 2. The number of alkyl halides is 2. The van der Waals surface area contributed by atoms with Crippen LogP contribution in [0, 0.1) is 6.92 Å². The molecular formula is C24H24F2N8O. The molecule has 1 amide bonds. The van der Waals surface area contributed by atoms with E-state index in [1.807, 2.05) is 24.5 Å². The molecule has 0 bridgehead atoms. The van der Waals surface area contributed by atoms with Gasteiger partial charge in [-0.1, -0.05) is 6.07 Å². The van der Waals surface area contributed by atoms with Crippen molar-refractivity contribution in [3.8, 4) is 22.6 Å². The lowest BCUT2D eigenvalue weighted by atomic mass is 9.91. The van der Waals surface area contributed by atoms with Gasteiger partial charge >= 0.3 is 0 Å².